The number of hydrogen-bond donors (Lipinski definition) is 1. The topological polar surface area (TPSA) is 35.6 Å². The quantitative estimate of drug-likeness (QED) is 0.815. The van der Waals surface area contributed by atoms with Crippen LogP contribution in [0.1, 0.15) is 52.9 Å². The Labute approximate surface area is 130 Å². The molecule has 1 atom stereocenters. The SMILES string of the molecule is CC(C)CCN(C(=O)C(C)N1CCNCC1)C1CCCC1. The third-order valence-corrected chi connectivity index (χ3v) is 5.05. The van der Waals surface area contributed by atoms with Crippen molar-refractivity contribution in [3.63, 3.8) is 0 Å². The van der Waals surface area contributed by atoms with Gasteiger partial charge < -0.3 is 10.2 Å². The van der Waals surface area contributed by atoms with Crippen LogP contribution in [0, 0.1) is 5.92 Å². The molecule has 0 spiro atoms. The Balaban J connectivity index is 1.97. The van der Waals surface area contributed by atoms with E-state index in [1.165, 1.54) is 25.7 Å². The molecule has 0 aromatic heterocycles. The molecule has 0 aromatic rings. The molecule has 0 radical (unpaired) electrons. The molecule has 2 rings (SSSR count). The number of carbonyl (C=O) groups excluding carboxylic acids is 1. The Morgan fingerprint density at radius 1 is 1.19 bits per heavy atom. The minimum absolute atomic E-state index is 0.0415. The molecule has 0 aromatic carbocycles. The molecule has 4 nitrogen and oxygen atoms in total. The first kappa shape index (κ1) is 16.8. The summed E-state index contributed by atoms with van der Waals surface area (Å²) >= 11 is 0. The predicted octanol–water partition coefficient (Wildman–Crippen LogP) is 2.10. The summed E-state index contributed by atoms with van der Waals surface area (Å²) in [6, 6.07) is 0.543. The minimum Gasteiger partial charge on any atom is -0.338 e. The van der Waals surface area contributed by atoms with E-state index in [-0.39, 0.29) is 6.04 Å². The van der Waals surface area contributed by atoms with Gasteiger partial charge in [-0.2, -0.15) is 0 Å². The highest BCUT2D eigenvalue weighted by molar-refractivity contribution is 5.81. The molecule has 1 N–H and O–H groups in total. The Hall–Kier alpha value is -0.610. The van der Waals surface area contributed by atoms with Crippen molar-refractivity contribution in [2.75, 3.05) is 32.7 Å². The lowest BCUT2D eigenvalue weighted by molar-refractivity contribution is -0.139. The van der Waals surface area contributed by atoms with E-state index in [2.05, 4.69) is 35.9 Å². The summed E-state index contributed by atoms with van der Waals surface area (Å²) in [4.78, 5) is 17.6. The van der Waals surface area contributed by atoms with Gasteiger partial charge in [0.15, 0.2) is 0 Å². The Kier molecular flexibility index (Phi) is 6.49. The van der Waals surface area contributed by atoms with Gasteiger partial charge in [0, 0.05) is 38.8 Å². The molecule has 4 heteroatoms. The Morgan fingerprint density at radius 3 is 2.38 bits per heavy atom. The smallest absolute Gasteiger partial charge is 0.239 e. The van der Waals surface area contributed by atoms with E-state index >= 15 is 0 Å². The zero-order valence-electron chi connectivity index (χ0n) is 14.1. The third-order valence-electron chi connectivity index (χ3n) is 5.05. The standard InChI is InChI=1S/C17H33N3O/c1-14(2)8-11-20(16-6-4-5-7-16)17(21)15(3)19-12-9-18-10-13-19/h14-16,18H,4-13H2,1-3H3. The molecule has 0 bridgehead atoms. The molecule has 1 saturated carbocycles. The molecule has 1 aliphatic carbocycles. The molecule has 1 unspecified atom stereocenters. The van der Waals surface area contributed by atoms with Gasteiger partial charge in [-0.3, -0.25) is 9.69 Å². The van der Waals surface area contributed by atoms with Gasteiger partial charge in [0.25, 0.3) is 0 Å². The number of nitrogens with one attached hydrogen (secondary N) is 1. The van der Waals surface area contributed by atoms with Crippen LogP contribution in [0.25, 0.3) is 0 Å². The average molecular weight is 295 g/mol. The fraction of sp³-hybridized carbons (Fsp3) is 0.941. The van der Waals surface area contributed by atoms with Gasteiger partial charge in [0.05, 0.1) is 6.04 Å². The molecule has 122 valence electrons. The molecular weight excluding hydrogens is 262 g/mol. The van der Waals surface area contributed by atoms with Gasteiger partial charge in [0.1, 0.15) is 0 Å². The number of hydrogen-bond acceptors (Lipinski definition) is 3. The maximum Gasteiger partial charge on any atom is 0.239 e. The maximum atomic E-state index is 13.0. The van der Waals surface area contributed by atoms with Crippen molar-refractivity contribution in [2.45, 2.75) is 65.0 Å². The zero-order valence-corrected chi connectivity index (χ0v) is 14.1. The molecule has 2 aliphatic rings. The van der Waals surface area contributed by atoms with Crippen LogP contribution in [0.5, 0.6) is 0 Å². The van der Waals surface area contributed by atoms with Gasteiger partial charge in [-0.15, -0.1) is 0 Å². The number of amides is 1. The van der Waals surface area contributed by atoms with Crippen LogP contribution in [0.3, 0.4) is 0 Å². The van der Waals surface area contributed by atoms with Crippen molar-refractivity contribution in [1.82, 2.24) is 15.1 Å². The van der Waals surface area contributed by atoms with Crippen molar-refractivity contribution in [3.05, 3.63) is 0 Å². The molecule has 21 heavy (non-hydrogen) atoms. The molecular formula is C17H33N3O. The molecule has 1 aliphatic heterocycles. The zero-order chi connectivity index (χ0) is 15.2. The van der Waals surface area contributed by atoms with Gasteiger partial charge in [-0.05, 0) is 32.1 Å². The summed E-state index contributed by atoms with van der Waals surface area (Å²) < 4.78 is 0. The third kappa shape index (κ3) is 4.68. The highest BCUT2D eigenvalue weighted by atomic mass is 16.2. The lowest BCUT2D eigenvalue weighted by Crippen LogP contribution is -2.55. The fourth-order valence-corrected chi connectivity index (χ4v) is 3.55. The largest absolute Gasteiger partial charge is 0.338 e. The monoisotopic (exact) mass is 295 g/mol. The van der Waals surface area contributed by atoms with Crippen LogP contribution in [0.15, 0.2) is 0 Å². The highest BCUT2D eigenvalue weighted by Crippen LogP contribution is 2.25. The van der Waals surface area contributed by atoms with Gasteiger partial charge in [-0.25, -0.2) is 0 Å². The minimum atomic E-state index is 0.0415. The van der Waals surface area contributed by atoms with Crippen molar-refractivity contribution in [2.24, 2.45) is 5.92 Å². The van der Waals surface area contributed by atoms with Crippen molar-refractivity contribution in [1.29, 1.82) is 0 Å². The predicted molar refractivity (Wildman–Crippen MR) is 87.3 cm³/mol. The second-order valence-electron chi connectivity index (χ2n) is 7.11. The van der Waals surface area contributed by atoms with Crippen molar-refractivity contribution < 1.29 is 4.79 Å². The van der Waals surface area contributed by atoms with E-state index in [9.17, 15) is 4.79 Å². The van der Waals surface area contributed by atoms with Crippen LogP contribution in [-0.4, -0.2) is 60.5 Å². The number of nitrogens with zero attached hydrogens (tertiary/aromatic N) is 2. The van der Waals surface area contributed by atoms with E-state index in [4.69, 9.17) is 0 Å². The summed E-state index contributed by atoms with van der Waals surface area (Å²) in [6.07, 6.45) is 6.11. The summed E-state index contributed by atoms with van der Waals surface area (Å²) in [7, 11) is 0. The summed E-state index contributed by atoms with van der Waals surface area (Å²) in [5.74, 6) is 1.03. The lowest BCUT2D eigenvalue weighted by Gasteiger charge is -2.37. The van der Waals surface area contributed by atoms with Gasteiger partial charge in [0.2, 0.25) is 5.91 Å². The average Bonchev–Trinajstić information content (AvgIpc) is 3.01. The normalized spacial score (nSPS) is 22.7. The Morgan fingerprint density at radius 2 is 1.81 bits per heavy atom. The number of rotatable bonds is 6. The molecule has 1 heterocycles. The first-order valence-corrected chi connectivity index (χ1v) is 8.85. The van der Waals surface area contributed by atoms with E-state index in [1.807, 2.05) is 0 Å². The molecule has 1 amide bonds. The summed E-state index contributed by atoms with van der Waals surface area (Å²) in [6.45, 7) is 11.5. The highest BCUT2D eigenvalue weighted by Gasteiger charge is 2.32. The number of carbonyl (C=O) groups is 1. The van der Waals surface area contributed by atoms with Gasteiger partial charge >= 0.3 is 0 Å². The van der Waals surface area contributed by atoms with E-state index in [1.54, 1.807) is 0 Å². The maximum absolute atomic E-state index is 13.0. The number of piperazine rings is 1. The lowest BCUT2D eigenvalue weighted by atomic mass is 10.1. The first-order valence-electron chi connectivity index (χ1n) is 8.85. The summed E-state index contributed by atoms with van der Waals surface area (Å²) in [5, 5.41) is 3.37. The van der Waals surface area contributed by atoms with Crippen LogP contribution >= 0.6 is 0 Å². The van der Waals surface area contributed by atoms with Gasteiger partial charge in [-0.1, -0.05) is 26.7 Å². The van der Waals surface area contributed by atoms with Crippen LogP contribution in [-0.2, 0) is 4.79 Å². The van der Waals surface area contributed by atoms with E-state index < -0.39 is 0 Å². The second-order valence-corrected chi connectivity index (χ2v) is 7.11. The van der Waals surface area contributed by atoms with Crippen molar-refractivity contribution >= 4 is 5.91 Å². The van der Waals surface area contributed by atoms with Crippen LogP contribution in [0.4, 0.5) is 0 Å². The van der Waals surface area contributed by atoms with Crippen molar-refractivity contribution in [3.8, 4) is 0 Å². The van der Waals surface area contributed by atoms with Crippen LogP contribution < -0.4 is 5.32 Å². The first-order chi connectivity index (χ1) is 10.1. The molecule has 2 fully saturated rings. The fourth-order valence-electron chi connectivity index (χ4n) is 3.55. The van der Waals surface area contributed by atoms with Crippen LogP contribution in [0.2, 0.25) is 0 Å². The van der Waals surface area contributed by atoms with E-state index in [0.717, 1.165) is 39.1 Å². The Bertz CT molecular complexity index is 320. The summed E-state index contributed by atoms with van der Waals surface area (Å²) in [5.41, 5.74) is 0. The second kappa shape index (κ2) is 8.14. The van der Waals surface area contributed by atoms with E-state index in [0.29, 0.717) is 17.9 Å². The molecule has 1 saturated heterocycles.